The predicted octanol–water partition coefficient (Wildman–Crippen LogP) is 4.46. The lowest BCUT2D eigenvalue weighted by Crippen LogP contribution is -2.16. The lowest BCUT2D eigenvalue weighted by atomic mass is 10.1. The van der Waals surface area contributed by atoms with E-state index >= 15 is 0 Å². The molecule has 1 aliphatic carbocycles. The summed E-state index contributed by atoms with van der Waals surface area (Å²) in [5, 5.41) is 2.83. The van der Waals surface area contributed by atoms with Crippen LogP contribution in [0.25, 0.3) is 0 Å². The van der Waals surface area contributed by atoms with Crippen molar-refractivity contribution in [3.8, 4) is 5.75 Å². The Hall–Kier alpha value is -1.91. The molecule has 0 spiro atoms. The Morgan fingerprint density at radius 2 is 1.86 bits per heavy atom. The van der Waals surface area contributed by atoms with Crippen LogP contribution in [-0.2, 0) is 4.79 Å². The fourth-order valence-corrected chi connectivity index (χ4v) is 2.79. The summed E-state index contributed by atoms with van der Waals surface area (Å²) in [6.07, 6.45) is 2.13. The number of benzene rings is 1. The van der Waals surface area contributed by atoms with Crippen LogP contribution >= 0.6 is 0 Å². The van der Waals surface area contributed by atoms with E-state index < -0.39 is 6.61 Å². The van der Waals surface area contributed by atoms with E-state index in [9.17, 15) is 13.6 Å². The summed E-state index contributed by atoms with van der Waals surface area (Å²) < 4.78 is 28.4. The third-order valence-corrected chi connectivity index (χ3v) is 4.05. The highest BCUT2D eigenvalue weighted by Crippen LogP contribution is 2.59. The molecule has 0 heterocycles. The van der Waals surface area contributed by atoms with Crippen LogP contribution in [0.15, 0.2) is 35.9 Å². The first-order chi connectivity index (χ1) is 10.2. The molecule has 1 aromatic carbocycles. The van der Waals surface area contributed by atoms with Crippen LogP contribution in [0.1, 0.15) is 27.7 Å². The standard InChI is InChI=1S/C17H21F2NO2/c1-10(2)9-13-14(17(13,3)4)15(21)20-11-5-7-12(8-6-11)22-16(18)19/h5-9,13-14,16H,1-4H3,(H,20,21)/t13-,14+/m1/s1. The molecule has 1 aromatic rings. The molecule has 0 aliphatic heterocycles. The van der Waals surface area contributed by atoms with E-state index in [1.54, 1.807) is 12.1 Å². The van der Waals surface area contributed by atoms with Gasteiger partial charge in [0.15, 0.2) is 0 Å². The lowest BCUT2D eigenvalue weighted by Gasteiger charge is -2.08. The number of alkyl halides is 2. The quantitative estimate of drug-likeness (QED) is 0.815. The van der Waals surface area contributed by atoms with Gasteiger partial charge in [-0.25, -0.2) is 0 Å². The van der Waals surface area contributed by atoms with Gasteiger partial charge in [0.1, 0.15) is 5.75 Å². The zero-order chi connectivity index (χ0) is 16.5. The van der Waals surface area contributed by atoms with Crippen molar-refractivity contribution in [3.05, 3.63) is 35.9 Å². The van der Waals surface area contributed by atoms with Crippen molar-refractivity contribution in [3.63, 3.8) is 0 Å². The highest BCUT2D eigenvalue weighted by atomic mass is 19.3. The molecule has 120 valence electrons. The summed E-state index contributed by atoms with van der Waals surface area (Å²) in [4.78, 5) is 12.4. The maximum Gasteiger partial charge on any atom is 0.387 e. The molecule has 1 fully saturated rings. The van der Waals surface area contributed by atoms with Gasteiger partial charge in [-0.15, -0.1) is 0 Å². The maximum atomic E-state index is 12.4. The number of carbonyl (C=O) groups excluding carboxylic acids is 1. The monoisotopic (exact) mass is 309 g/mol. The van der Waals surface area contributed by atoms with Gasteiger partial charge in [-0.1, -0.05) is 25.5 Å². The minimum atomic E-state index is -2.85. The molecule has 0 aromatic heterocycles. The summed E-state index contributed by atoms with van der Waals surface area (Å²) >= 11 is 0. The molecule has 0 unspecified atom stereocenters. The maximum absolute atomic E-state index is 12.4. The van der Waals surface area contributed by atoms with E-state index in [2.05, 4.69) is 30.0 Å². The zero-order valence-corrected chi connectivity index (χ0v) is 13.2. The summed E-state index contributed by atoms with van der Waals surface area (Å²) in [5.74, 6) is 0.190. The largest absolute Gasteiger partial charge is 0.435 e. The Labute approximate surface area is 129 Å². The molecule has 2 rings (SSSR count). The minimum Gasteiger partial charge on any atom is -0.435 e. The summed E-state index contributed by atoms with van der Waals surface area (Å²) in [6, 6.07) is 5.93. The molecular weight excluding hydrogens is 288 g/mol. The summed E-state index contributed by atoms with van der Waals surface area (Å²) in [5.41, 5.74) is 1.72. The van der Waals surface area contributed by atoms with E-state index in [0.717, 1.165) is 0 Å². The molecule has 0 radical (unpaired) electrons. The average molecular weight is 309 g/mol. The molecule has 1 saturated carbocycles. The van der Waals surface area contributed by atoms with Crippen molar-refractivity contribution < 1.29 is 18.3 Å². The molecule has 5 heteroatoms. The Morgan fingerprint density at radius 3 is 2.36 bits per heavy atom. The van der Waals surface area contributed by atoms with E-state index in [1.165, 1.54) is 17.7 Å². The Morgan fingerprint density at radius 1 is 1.27 bits per heavy atom. The third kappa shape index (κ3) is 3.64. The molecule has 0 bridgehead atoms. The van der Waals surface area contributed by atoms with E-state index in [4.69, 9.17) is 0 Å². The number of nitrogens with one attached hydrogen (secondary N) is 1. The smallest absolute Gasteiger partial charge is 0.387 e. The van der Waals surface area contributed by atoms with Gasteiger partial charge >= 0.3 is 6.61 Å². The zero-order valence-electron chi connectivity index (χ0n) is 13.2. The number of rotatable bonds is 5. The number of ether oxygens (including phenoxy) is 1. The van der Waals surface area contributed by atoms with Gasteiger partial charge in [-0.3, -0.25) is 4.79 Å². The number of anilines is 1. The van der Waals surface area contributed by atoms with Gasteiger partial charge in [0, 0.05) is 5.69 Å². The van der Waals surface area contributed by atoms with Gasteiger partial charge < -0.3 is 10.1 Å². The van der Waals surface area contributed by atoms with Gasteiger partial charge in [0.2, 0.25) is 5.91 Å². The van der Waals surface area contributed by atoms with E-state index in [1.807, 2.05) is 13.8 Å². The second-order valence-electron chi connectivity index (χ2n) is 6.46. The fraction of sp³-hybridized carbons (Fsp3) is 0.471. The number of hydrogen-bond donors (Lipinski definition) is 1. The minimum absolute atomic E-state index is 0.0463. The van der Waals surface area contributed by atoms with Crippen LogP contribution in [0.2, 0.25) is 0 Å². The van der Waals surface area contributed by atoms with Crippen LogP contribution in [-0.4, -0.2) is 12.5 Å². The van der Waals surface area contributed by atoms with Crippen molar-refractivity contribution in [2.45, 2.75) is 34.3 Å². The normalized spacial score (nSPS) is 22.1. The molecule has 3 nitrogen and oxygen atoms in total. The number of carbonyl (C=O) groups is 1. The molecule has 0 saturated heterocycles. The summed E-state index contributed by atoms with van der Waals surface area (Å²) in [7, 11) is 0. The third-order valence-electron chi connectivity index (χ3n) is 4.05. The second kappa shape index (κ2) is 6.07. The highest BCUT2D eigenvalue weighted by Gasteiger charge is 2.60. The van der Waals surface area contributed by atoms with Gasteiger partial charge in [-0.05, 0) is 49.4 Å². The van der Waals surface area contributed by atoms with E-state index in [0.29, 0.717) is 5.69 Å². The van der Waals surface area contributed by atoms with Crippen LogP contribution in [0.5, 0.6) is 5.75 Å². The van der Waals surface area contributed by atoms with Crippen LogP contribution in [0.4, 0.5) is 14.5 Å². The highest BCUT2D eigenvalue weighted by molar-refractivity contribution is 5.95. The Balaban J connectivity index is 1.99. The Bertz CT molecular complexity index is 575. The number of halogens is 2. The molecule has 1 amide bonds. The first kappa shape index (κ1) is 16.5. The molecule has 1 aliphatic rings. The van der Waals surface area contributed by atoms with Gasteiger partial charge in [0.25, 0.3) is 0 Å². The molecular formula is C17H21F2NO2. The fourth-order valence-electron chi connectivity index (χ4n) is 2.79. The molecule has 1 N–H and O–H groups in total. The van der Waals surface area contributed by atoms with Crippen LogP contribution in [0, 0.1) is 17.3 Å². The topological polar surface area (TPSA) is 38.3 Å². The second-order valence-corrected chi connectivity index (χ2v) is 6.46. The van der Waals surface area contributed by atoms with Crippen LogP contribution in [0.3, 0.4) is 0 Å². The first-order valence-corrected chi connectivity index (χ1v) is 7.22. The number of hydrogen-bond acceptors (Lipinski definition) is 2. The number of allylic oxidation sites excluding steroid dienone is 2. The van der Waals surface area contributed by atoms with Gasteiger partial charge in [0.05, 0.1) is 5.92 Å². The van der Waals surface area contributed by atoms with Crippen molar-refractivity contribution in [2.75, 3.05) is 5.32 Å². The summed E-state index contributed by atoms with van der Waals surface area (Å²) in [6.45, 7) is 5.33. The van der Waals surface area contributed by atoms with E-state index in [-0.39, 0.29) is 28.9 Å². The van der Waals surface area contributed by atoms with Crippen molar-refractivity contribution >= 4 is 11.6 Å². The first-order valence-electron chi connectivity index (χ1n) is 7.22. The van der Waals surface area contributed by atoms with Crippen LogP contribution < -0.4 is 10.1 Å². The van der Waals surface area contributed by atoms with Crippen molar-refractivity contribution in [2.24, 2.45) is 17.3 Å². The molecule has 2 atom stereocenters. The molecule has 22 heavy (non-hydrogen) atoms. The van der Waals surface area contributed by atoms with Crippen molar-refractivity contribution in [1.82, 2.24) is 0 Å². The predicted molar refractivity (Wildman–Crippen MR) is 81.9 cm³/mol. The SMILES string of the molecule is CC(C)=C[C@@H]1[C@@H](C(=O)Nc2ccc(OC(F)F)cc2)C1(C)C. The lowest BCUT2D eigenvalue weighted by molar-refractivity contribution is -0.118. The Kier molecular flexibility index (Phi) is 4.54. The average Bonchev–Trinajstić information content (AvgIpc) is 2.91. The number of amides is 1. The van der Waals surface area contributed by atoms with Gasteiger partial charge in [-0.2, -0.15) is 8.78 Å². The van der Waals surface area contributed by atoms with Crippen molar-refractivity contribution in [1.29, 1.82) is 0 Å².